The summed E-state index contributed by atoms with van der Waals surface area (Å²) >= 11 is 0. The van der Waals surface area contributed by atoms with Crippen LogP contribution in [0.3, 0.4) is 0 Å². The molecule has 0 atom stereocenters. The molecule has 2 rings (SSSR count). The molecule has 7 heteroatoms. The van der Waals surface area contributed by atoms with Gasteiger partial charge in [-0.05, 0) is 13.0 Å². The maximum atomic E-state index is 10.8. The van der Waals surface area contributed by atoms with Gasteiger partial charge < -0.3 is 5.73 Å². The molecule has 0 radical (unpaired) electrons. The summed E-state index contributed by atoms with van der Waals surface area (Å²) in [6.07, 6.45) is 0. The number of nitrogen functional groups attached to an aromatic ring is 1. The molecule has 1 heterocycles. The summed E-state index contributed by atoms with van der Waals surface area (Å²) in [5, 5.41) is 18.3. The van der Waals surface area contributed by atoms with Crippen LogP contribution in [0.5, 0.6) is 0 Å². The Hall–Kier alpha value is -2.44. The van der Waals surface area contributed by atoms with E-state index in [1.165, 1.54) is 10.7 Å². The molecule has 7 nitrogen and oxygen atoms in total. The summed E-state index contributed by atoms with van der Waals surface area (Å²) < 4.78 is 1.35. The third kappa shape index (κ3) is 1.48. The maximum absolute atomic E-state index is 10.8. The number of nitro benzene ring substituents is 1. The van der Waals surface area contributed by atoms with Gasteiger partial charge in [-0.15, -0.1) is 5.10 Å². The number of nitrogens with zero attached hydrogens (tertiary/aromatic N) is 4. The fourth-order valence-corrected chi connectivity index (χ4v) is 1.37. The summed E-state index contributed by atoms with van der Waals surface area (Å²) in [5.74, 6) is 0.262. The number of anilines is 1. The lowest BCUT2D eigenvalue weighted by Crippen LogP contribution is -2.03. The second kappa shape index (κ2) is 3.61. The van der Waals surface area contributed by atoms with Gasteiger partial charge >= 0.3 is 0 Å². The summed E-state index contributed by atoms with van der Waals surface area (Å²) in [6.45, 7) is 1.70. The van der Waals surface area contributed by atoms with Gasteiger partial charge in [0.25, 0.3) is 5.69 Å². The molecule has 0 spiro atoms. The van der Waals surface area contributed by atoms with Gasteiger partial charge in [-0.2, -0.15) is 0 Å². The van der Waals surface area contributed by atoms with Crippen LogP contribution in [0.25, 0.3) is 5.69 Å². The molecule has 16 heavy (non-hydrogen) atoms. The van der Waals surface area contributed by atoms with E-state index in [0.29, 0.717) is 11.4 Å². The SMILES string of the molecule is Cc1c(N)nnn1-c1ccccc1[N+](=O)[O-]. The fourth-order valence-electron chi connectivity index (χ4n) is 1.37. The van der Waals surface area contributed by atoms with Gasteiger partial charge in [-0.1, -0.05) is 17.3 Å². The molecule has 82 valence electrons. The highest BCUT2D eigenvalue weighted by Gasteiger charge is 2.17. The normalized spacial score (nSPS) is 10.3. The van der Waals surface area contributed by atoms with Crippen molar-refractivity contribution in [3.05, 3.63) is 40.1 Å². The second-order valence-electron chi connectivity index (χ2n) is 3.22. The van der Waals surface area contributed by atoms with E-state index in [1.807, 2.05) is 0 Å². The van der Waals surface area contributed by atoms with Gasteiger partial charge in [0.05, 0.1) is 10.6 Å². The average molecular weight is 219 g/mol. The summed E-state index contributed by atoms with van der Waals surface area (Å²) in [5.41, 5.74) is 6.44. The van der Waals surface area contributed by atoms with Gasteiger partial charge in [0.2, 0.25) is 0 Å². The highest BCUT2D eigenvalue weighted by atomic mass is 16.6. The van der Waals surface area contributed by atoms with Gasteiger partial charge in [0, 0.05) is 6.07 Å². The fraction of sp³-hybridized carbons (Fsp3) is 0.111. The molecule has 0 amide bonds. The Bertz CT molecular complexity index is 549. The van der Waals surface area contributed by atoms with E-state index in [0.717, 1.165) is 0 Å². The molecule has 0 saturated carbocycles. The Kier molecular flexibility index (Phi) is 2.28. The molecule has 0 unspecified atom stereocenters. The van der Waals surface area contributed by atoms with Crippen molar-refractivity contribution in [1.82, 2.24) is 15.0 Å². The summed E-state index contributed by atoms with van der Waals surface area (Å²) in [7, 11) is 0. The van der Waals surface area contributed by atoms with Crippen LogP contribution in [-0.2, 0) is 0 Å². The largest absolute Gasteiger partial charge is 0.381 e. The number of hydrogen-bond donors (Lipinski definition) is 1. The predicted molar refractivity (Wildman–Crippen MR) is 57.2 cm³/mol. The van der Waals surface area contributed by atoms with Crippen LogP contribution >= 0.6 is 0 Å². The Morgan fingerprint density at radius 3 is 2.69 bits per heavy atom. The topological polar surface area (TPSA) is 99.9 Å². The van der Waals surface area contributed by atoms with Gasteiger partial charge in [-0.25, -0.2) is 4.68 Å². The Morgan fingerprint density at radius 2 is 2.12 bits per heavy atom. The molecule has 0 fully saturated rings. The number of nitro groups is 1. The number of aromatic nitrogens is 3. The minimum atomic E-state index is -0.466. The summed E-state index contributed by atoms with van der Waals surface area (Å²) in [6, 6.07) is 6.29. The lowest BCUT2D eigenvalue weighted by atomic mass is 10.2. The zero-order valence-corrected chi connectivity index (χ0v) is 8.49. The predicted octanol–water partition coefficient (Wildman–Crippen LogP) is 1.07. The number of benzene rings is 1. The zero-order valence-electron chi connectivity index (χ0n) is 8.49. The first-order valence-corrected chi connectivity index (χ1v) is 4.53. The minimum Gasteiger partial charge on any atom is -0.381 e. The Balaban J connectivity index is 2.64. The zero-order chi connectivity index (χ0) is 11.7. The van der Waals surface area contributed by atoms with E-state index in [4.69, 9.17) is 5.73 Å². The number of para-hydroxylation sites is 2. The molecule has 0 aliphatic rings. The number of hydrogen-bond acceptors (Lipinski definition) is 5. The van der Waals surface area contributed by atoms with Crippen LogP contribution in [0.1, 0.15) is 5.69 Å². The van der Waals surface area contributed by atoms with Crippen molar-refractivity contribution in [2.75, 3.05) is 5.73 Å². The van der Waals surface area contributed by atoms with Crippen molar-refractivity contribution < 1.29 is 4.92 Å². The average Bonchev–Trinajstić information content (AvgIpc) is 2.60. The molecule has 1 aromatic heterocycles. The van der Waals surface area contributed by atoms with Crippen molar-refractivity contribution in [2.24, 2.45) is 0 Å². The second-order valence-corrected chi connectivity index (χ2v) is 3.22. The lowest BCUT2D eigenvalue weighted by molar-refractivity contribution is -0.384. The van der Waals surface area contributed by atoms with Crippen molar-refractivity contribution in [3.8, 4) is 5.69 Å². The van der Waals surface area contributed by atoms with E-state index in [-0.39, 0.29) is 11.5 Å². The Morgan fingerprint density at radius 1 is 1.44 bits per heavy atom. The number of rotatable bonds is 2. The van der Waals surface area contributed by atoms with Crippen LogP contribution in [0, 0.1) is 17.0 Å². The quantitative estimate of drug-likeness (QED) is 0.601. The van der Waals surface area contributed by atoms with Crippen molar-refractivity contribution in [2.45, 2.75) is 6.92 Å². The van der Waals surface area contributed by atoms with Gasteiger partial charge in [0.15, 0.2) is 5.82 Å². The molecular formula is C9H9N5O2. The maximum Gasteiger partial charge on any atom is 0.294 e. The standard InChI is InChI=1S/C9H9N5O2/c1-6-9(10)11-12-13(6)7-4-2-3-5-8(7)14(15)16/h2-5H,10H2,1H3. The minimum absolute atomic E-state index is 0.0319. The van der Waals surface area contributed by atoms with Crippen LogP contribution in [0.2, 0.25) is 0 Å². The van der Waals surface area contributed by atoms with Crippen LogP contribution < -0.4 is 5.73 Å². The van der Waals surface area contributed by atoms with Crippen molar-refractivity contribution in [1.29, 1.82) is 0 Å². The first kappa shape index (κ1) is 10.1. The van der Waals surface area contributed by atoms with E-state index in [1.54, 1.807) is 25.1 Å². The van der Waals surface area contributed by atoms with Crippen LogP contribution in [0.4, 0.5) is 11.5 Å². The molecule has 1 aromatic carbocycles. The Labute approximate surface area is 90.6 Å². The monoisotopic (exact) mass is 219 g/mol. The number of nitrogens with two attached hydrogens (primary N) is 1. The van der Waals surface area contributed by atoms with E-state index in [2.05, 4.69) is 10.3 Å². The van der Waals surface area contributed by atoms with E-state index < -0.39 is 4.92 Å². The highest BCUT2D eigenvalue weighted by Crippen LogP contribution is 2.23. The first-order valence-electron chi connectivity index (χ1n) is 4.53. The molecular weight excluding hydrogens is 210 g/mol. The summed E-state index contributed by atoms with van der Waals surface area (Å²) in [4.78, 5) is 10.4. The van der Waals surface area contributed by atoms with Crippen molar-refractivity contribution >= 4 is 11.5 Å². The van der Waals surface area contributed by atoms with Crippen LogP contribution in [-0.4, -0.2) is 19.9 Å². The first-order chi connectivity index (χ1) is 7.61. The van der Waals surface area contributed by atoms with Crippen molar-refractivity contribution in [3.63, 3.8) is 0 Å². The third-order valence-corrected chi connectivity index (χ3v) is 2.24. The molecule has 2 aromatic rings. The van der Waals surface area contributed by atoms with Gasteiger partial charge in [-0.3, -0.25) is 10.1 Å². The molecule has 0 aliphatic heterocycles. The van der Waals surface area contributed by atoms with E-state index >= 15 is 0 Å². The molecule has 2 N–H and O–H groups in total. The highest BCUT2D eigenvalue weighted by molar-refractivity contribution is 5.53. The smallest absolute Gasteiger partial charge is 0.294 e. The third-order valence-electron chi connectivity index (χ3n) is 2.24. The molecule has 0 aliphatic carbocycles. The van der Waals surface area contributed by atoms with Gasteiger partial charge in [0.1, 0.15) is 5.69 Å². The lowest BCUT2D eigenvalue weighted by Gasteiger charge is -2.03. The van der Waals surface area contributed by atoms with Crippen LogP contribution in [0.15, 0.2) is 24.3 Å². The molecule has 0 saturated heterocycles. The molecule has 0 bridgehead atoms. The van der Waals surface area contributed by atoms with E-state index in [9.17, 15) is 10.1 Å².